The molecule has 36 heavy (non-hydrogen) atoms. The van der Waals surface area contributed by atoms with Crippen LogP contribution in [0.2, 0.25) is 0 Å². The molecular formula is C26H26N6O4. The van der Waals surface area contributed by atoms with Crippen LogP contribution in [0.25, 0.3) is 38.6 Å². The number of methoxy groups -OCH3 is 1. The molecule has 0 aliphatic carbocycles. The van der Waals surface area contributed by atoms with Crippen molar-refractivity contribution in [2.75, 3.05) is 27.3 Å². The lowest BCUT2D eigenvalue weighted by Crippen LogP contribution is -2.38. The zero-order chi connectivity index (χ0) is 26.0. The number of likely N-dealkylation sites (N-methyl/N-ethyl adjacent to an activating group) is 1. The summed E-state index contributed by atoms with van der Waals surface area (Å²) in [6.45, 7) is 8.03. The van der Waals surface area contributed by atoms with E-state index in [-0.39, 0.29) is 11.4 Å². The average Bonchev–Trinajstić information content (AvgIpc) is 3.25. The smallest absolute Gasteiger partial charge is 0.272 e. The fourth-order valence-corrected chi connectivity index (χ4v) is 3.83. The van der Waals surface area contributed by atoms with E-state index in [9.17, 15) is 14.4 Å². The van der Waals surface area contributed by atoms with Crippen molar-refractivity contribution in [3.8, 4) is 11.1 Å². The Hall–Kier alpha value is -4.57. The number of nitrogens with zero attached hydrogens (tertiary/aromatic N) is 5. The number of amides is 2. The van der Waals surface area contributed by atoms with Gasteiger partial charge in [-0.15, -0.1) is 0 Å². The fraction of sp³-hybridized carbons (Fsp3) is 0.192. The molecule has 0 fully saturated rings. The van der Waals surface area contributed by atoms with E-state index in [4.69, 9.17) is 4.74 Å². The van der Waals surface area contributed by atoms with Gasteiger partial charge in [0.1, 0.15) is 12.0 Å². The molecule has 0 saturated carbocycles. The zero-order valence-corrected chi connectivity index (χ0v) is 20.3. The van der Waals surface area contributed by atoms with Gasteiger partial charge in [-0.25, -0.2) is 4.98 Å². The van der Waals surface area contributed by atoms with Crippen molar-refractivity contribution in [3.63, 3.8) is 0 Å². The van der Waals surface area contributed by atoms with Crippen molar-refractivity contribution in [2.24, 2.45) is 7.05 Å². The number of aromatic nitrogens is 4. The van der Waals surface area contributed by atoms with Crippen molar-refractivity contribution in [1.29, 1.82) is 0 Å². The number of nitrogens with one attached hydrogen (secondary N) is 1. The lowest BCUT2D eigenvalue weighted by atomic mass is 10.0. The van der Waals surface area contributed by atoms with Crippen molar-refractivity contribution >= 4 is 39.3 Å². The predicted octanol–water partition coefficient (Wildman–Crippen LogP) is 2.16. The Morgan fingerprint density at radius 2 is 1.97 bits per heavy atom. The molecule has 4 aromatic rings. The molecule has 0 bridgehead atoms. The van der Waals surface area contributed by atoms with Gasteiger partial charge in [0.2, 0.25) is 0 Å². The van der Waals surface area contributed by atoms with E-state index in [0.717, 1.165) is 26.6 Å². The molecular weight excluding hydrogens is 460 g/mol. The van der Waals surface area contributed by atoms with Crippen molar-refractivity contribution in [2.45, 2.75) is 0 Å². The molecule has 4 rings (SSSR count). The molecule has 2 heterocycles. The normalized spacial score (nSPS) is 11.0. The average molecular weight is 487 g/mol. The first-order valence-corrected chi connectivity index (χ1v) is 11.1. The summed E-state index contributed by atoms with van der Waals surface area (Å²) in [6.07, 6.45) is 3.18. The Morgan fingerprint density at radius 3 is 2.72 bits per heavy atom. The molecule has 10 heteroatoms. The molecule has 1 N–H and O–H groups in total. The number of carbonyl (C=O) groups is 2. The van der Waals surface area contributed by atoms with Crippen LogP contribution in [0.15, 0.2) is 72.6 Å². The summed E-state index contributed by atoms with van der Waals surface area (Å²) in [5, 5.41) is 8.09. The first-order valence-electron chi connectivity index (χ1n) is 11.1. The lowest BCUT2D eigenvalue weighted by molar-refractivity contribution is -0.128. The summed E-state index contributed by atoms with van der Waals surface area (Å²) in [5.41, 5.74) is 2.22. The second-order valence-electron chi connectivity index (χ2n) is 8.30. The highest BCUT2D eigenvalue weighted by Crippen LogP contribution is 2.28. The highest BCUT2D eigenvalue weighted by Gasteiger charge is 2.19. The summed E-state index contributed by atoms with van der Waals surface area (Å²) >= 11 is 0. The molecule has 184 valence electrons. The SMILES string of the molecule is C=C(NC(=O)C(=C)n1cnc2c(-c3ccc4nn(C)cc4c3)cccc2c1=O)C(=O)N(C)CCOC. The highest BCUT2D eigenvalue weighted by molar-refractivity contribution is 6.15. The van der Waals surface area contributed by atoms with E-state index in [0.29, 0.717) is 24.1 Å². The van der Waals surface area contributed by atoms with Crippen LogP contribution < -0.4 is 10.9 Å². The van der Waals surface area contributed by atoms with Crippen LogP contribution in [0.5, 0.6) is 0 Å². The van der Waals surface area contributed by atoms with Gasteiger partial charge in [-0.05, 0) is 23.8 Å². The van der Waals surface area contributed by atoms with Crippen LogP contribution in [0.3, 0.4) is 0 Å². The van der Waals surface area contributed by atoms with E-state index < -0.39 is 17.4 Å². The first kappa shape index (κ1) is 24.6. The van der Waals surface area contributed by atoms with Gasteiger partial charge in [0.05, 0.1) is 28.7 Å². The predicted molar refractivity (Wildman–Crippen MR) is 138 cm³/mol. The Balaban J connectivity index is 1.61. The third kappa shape index (κ3) is 4.66. The molecule has 0 aliphatic rings. The van der Waals surface area contributed by atoms with E-state index in [1.807, 2.05) is 37.5 Å². The van der Waals surface area contributed by atoms with Crippen molar-refractivity contribution < 1.29 is 14.3 Å². The number of rotatable bonds is 8. The molecule has 10 nitrogen and oxygen atoms in total. The third-order valence-corrected chi connectivity index (χ3v) is 5.77. The minimum atomic E-state index is -0.741. The molecule has 0 unspecified atom stereocenters. The molecule has 0 aliphatic heterocycles. The standard InChI is InChI=1S/C26H26N6O4/c1-16(25(34)30(3)11-12-36-5)28-24(33)17(2)32-15-27-23-20(7-6-8-21(23)26(32)35)18-9-10-22-19(13-18)14-31(4)29-22/h6-10,13-15H,1-2,11-12H2,3-5H3,(H,28,33). The summed E-state index contributed by atoms with van der Waals surface area (Å²) in [5.74, 6) is -1.22. The van der Waals surface area contributed by atoms with Gasteiger partial charge in [-0.3, -0.25) is 23.6 Å². The largest absolute Gasteiger partial charge is 0.383 e. The number of aryl methyl sites for hydroxylation is 1. The maximum Gasteiger partial charge on any atom is 0.272 e. The zero-order valence-electron chi connectivity index (χ0n) is 20.3. The van der Waals surface area contributed by atoms with Gasteiger partial charge in [-0.1, -0.05) is 31.4 Å². The van der Waals surface area contributed by atoms with Crippen LogP contribution in [0.4, 0.5) is 0 Å². The maximum absolute atomic E-state index is 13.3. The second kappa shape index (κ2) is 9.96. The molecule has 0 saturated heterocycles. The molecule has 2 aromatic heterocycles. The second-order valence-corrected chi connectivity index (χ2v) is 8.30. The fourth-order valence-electron chi connectivity index (χ4n) is 3.83. The lowest BCUT2D eigenvalue weighted by Gasteiger charge is -2.18. The van der Waals surface area contributed by atoms with E-state index in [1.54, 1.807) is 23.9 Å². The van der Waals surface area contributed by atoms with Gasteiger partial charge < -0.3 is 15.0 Å². The topological polar surface area (TPSA) is 111 Å². The number of ether oxygens (including phenoxy) is 1. The molecule has 2 aromatic carbocycles. The van der Waals surface area contributed by atoms with Gasteiger partial charge in [-0.2, -0.15) is 5.10 Å². The van der Waals surface area contributed by atoms with Gasteiger partial charge in [0.25, 0.3) is 17.4 Å². The monoisotopic (exact) mass is 486 g/mol. The van der Waals surface area contributed by atoms with Gasteiger partial charge in [0.15, 0.2) is 0 Å². The Kier molecular flexibility index (Phi) is 6.80. The highest BCUT2D eigenvalue weighted by atomic mass is 16.5. The van der Waals surface area contributed by atoms with E-state index >= 15 is 0 Å². The number of hydrogen-bond donors (Lipinski definition) is 1. The third-order valence-electron chi connectivity index (χ3n) is 5.77. The van der Waals surface area contributed by atoms with Crippen molar-refractivity contribution in [1.82, 2.24) is 29.5 Å². The van der Waals surface area contributed by atoms with E-state index in [2.05, 4.69) is 28.6 Å². The number of fused-ring (bicyclic) bond motifs is 2. The summed E-state index contributed by atoms with van der Waals surface area (Å²) in [4.78, 5) is 44.2. The first-order chi connectivity index (χ1) is 17.2. The van der Waals surface area contributed by atoms with Crippen LogP contribution in [-0.4, -0.2) is 63.4 Å². The Bertz CT molecular complexity index is 1580. The summed E-state index contributed by atoms with van der Waals surface area (Å²) in [7, 11) is 4.95. The molecule has 0 radical (unpaired) electrons. The number of para-hydroxylation sites is 1. The Labute approximate surface area is 207 Å². The molecule has 0 spiro atoms. The summed E-state index contributed by atoms with van der Waals surface area (Å²) < 4.78 is 7.75. The minimum absolute atomic E-state index is 0.144. The minimum Gasteiger partial charge on any atom is -0.383 e. The van der Waals surface area contributed by atoms with Crippen LogP contribution in [-0.2, 0) is 21.4 Å². The quantitative estimate of drug-likeness (QED) is 0.382. The van der Waals surface area contributed by atoms with Crippen LogP contribution >= 0.6 is 0 Å². The maximum atomic E-state index is 13.3. The molecule has 0 atom stereocenters. The number of carbonyl (C=O) groups excluding carboxylic acids is 2. The van der Waals surface area contributed by atoms with Gasteiger partial charge in [0, 0.05) is 44.9 Å². The molecule has 2 amide bonds. The van der Waals surface area contributed by atoms with Gasteiger partial charge >= 0.3 is 0 Å². The van der Waals surface area contributed by atoms with E-state index in [1.165, 1.54) is 18.3 Å². The van der Waals surface area contributed by atoms with Crippen molar-refractivity contribution in [3.05, 3.63) is 78.1 Å². The number of hydrogen-bond acceptors (Lipinski definition) is 6. The Morgan fingerprint density at radius 1 is 1.19 bits per heavy atom. The number of benzene rings is 2. The van der Waals surface area contributed by atoms with Crippen LogP contribution in [0, 0.1) is 0 Å². The summed E-state index contributed by atoms with van der Waals surface area (Å²) in [6, 6.07) is 11.1. The van der Waals surface area contributed by atoms with Crippen LogP contribution in [0.1, 0.15) is 0 Å².